The van der Waals surface area contributed by atoms with E-state index in [1.165, 1.54) is 16.2 Å². The van der Waals surface area contributed by atoms with E-state index in [4.69, 9.17) is 28.9 Å². The van der Waals surface area contributed by atoms with Crippen molar-refractivity contribution in [2.75, 3.05) is 35.6 Å². The van der Waals surface area contributed by atoms with Gasteiger partial charge >= 0.3 is 6.03 Å². The second-order valence-corrected chi connectivity index (χ2v) is 8.80. The number of fused-ring (bicyclic) bond motifs is 1. The topological polar surface area (TPSA) is 91.6 Å². The van der Waals surface area contributed by atoms with E-state index in [0.717, 1.165) is 11.1 Å². The monoisotopic (exact) mass is 463 g/mol. The van der Waals surface area contributed by atoms with Gasteiger partial charge in [-0.3, -0.25) is 9.69 Å². The van der Waals surface area contributed by atoms with Gasteiger partial charge in [-0.25, -0.2) is 9.78 Å². The molecule has 2 aromatic carbocycles. The van der Waals surface area contributed by atoms with Gasteiger partial charge in [-0.15, -0.1) is 0 Å². The molecular weight excluding hydrogens is 445 g/mol. The van der Waals surface area contributed by atoms with E-state index in [0.29, 0.717) is 58.1 Å². The van der Waals surface area contributed by atoms with Crippen LogP contribution in [0.2, 0.25) is 10.0 Å². The molecule has 1 aliphatic rings. The molecule has 0 radical (unpaired) electrons. The fourth-order valence-corrected chi connectivity index (χ4v) is 4.51. The summed E-state index contributed by atoms with van der Waals surface area (Å²) >= 11 is 13.8. The molecule has 7 nitrogen and oxygen atoms in total. The number of hydrogen-bond donors (Lipinski definition) is 2. The SMILES string of the molecule is Nc1nc2cc(Cl)c(N(CCN3CCCC3=O)C(=O)Nc3ccc(Cl)cc3)cc2s1. The van der Waals surface area contributed by atoms with Crippen molar-refractivity contribution < 1.29 is 9.59 Å². The van der Waals surface area contributed by atoms with Crippen LogP contribution < -0.4 is 16.0 Å². The molecule has 0 bridgehead atoms. The van der Waals surface area contributed by atoms with Crippen molar-refractivity contribution in [2.45, 2.75) is 12.8 Å². The molecule has 1 aromatic heterocycles. The first kappa shape index (κ1) is 20.7. The van der Waals surface area contributed by atoms with E-state index < -0.39 is 0 Å². The number of anilines is 3. The molecular formula is C20H19Cl2N5O2S. The fraction of sp³-hybridized carbons (Fsp3) is 0.250. The Morgan fingerprint density at radius 1 is 1.27 bits per heavy atom. The predicted molar refractivity (Wildman–Crippen MR) is 123 cm³/mol. The van der Waals surface area contributed by atoms with Gasteiger partial charge in [0.2, 0.25) is 5.91 Å². The molecule has 4 rings (SSSR count). The van der Waals surface area contributed by atoms with Crippen molar-refractivity contribution >= 4 is 73.2 Å². The lowest BCUT2D eigenvalue weighted by Crippen LogP contribution is -2.41. The summed E-state index contributed by atoms with van der Waals surface area (Å²) in [6.07, 6.45) is 1.38. The number of benzene rings is 2. The minimum Gasteiger partial charge on any atom is -0.375 e. The maximum absolute atomic E-state index is 13.2. The summed E-state index contributed by atoms with van der Waals surface area (Å²) in [5.74, 6) is 0.102. The average molecular weight is 464 g/mol. The largest absolute Gasteiger partial charge is 0.375 e. The number of likely N-dealkylation sites (tertiary alicyclic amines) is 1. The highest BCUT2D eigenvalue weighted by molar-refractivity contribution is 7.22. The average Bonchev–Trinajstić information content (AvgIpc) is 3.27. The molecule has 0 aliphatic carbocycles. The number of nitrogen functional groups attached to an aromatic ring is 1. The van der Waals surface area contributed by atoms with E-state index in [1.807, 2.05) is 0 Å². The quantitative estimate of drug-likeness (QED) is 0.565. The zero-order chi connectivity index (χ0) is 21.3. The Hall–Kier alpha value is -2.55. The van der Waals surface area contributed by atoms with Crippen LogP contribution in [0.5, 0.6) is 0 Å². The minimum absolute atomic E-state index is 0.102. The summed E-state index contributed by atoms with van der Waals surface area (Å²) in [5, 5.41) is 4.25. The highest BCUT2D eigenvalue weighted by Crippen LogP contribution is 2.35. The first-order chi connectivity index (χ1) is 14.4. The predicted octanol–water partition coefficient (Wildman–Crippen LogP) is 4.85. The normalized spacial score (nSPS) is 13.8. The number of carbonyl (C=O) groups excluding carboxylic acids is 2. The Kier molecular flexibility index (Phi) is 5.99. The highest BCUT2D eigenvalue weighted by Gasteiger charge is 2.24. The van der Waals surface area contributed by atoms with Gasteiger partial charge in [-0.05, 0) is 42.8 Å². The van der Waals surface area contributed by atoms with Crippen molar-refractivity contribution in [1.29, 1.82) is 0 Å². The molecule has 3 amide bonds. The number of rotatable bonds is 5. The standard InChI is InChI=1S/C20H19Cl2N5O2S/c21-12-3-5-13(6-4-12)24-20(29)27(9-8-26-7-1-2-18(26)28)16-11-17-15(10-14(16)22)25-19(23)30-17/h3-6,10-11H,1-2,7-9H2,(H2,23,25)(H,24,29). The zero-order valence-electron chi connectivity index (χ0n) is 15.9. The third-order valence-corrected chi connectivity index (χ3v) is 6.27. The zero-order valence-corrected chi connectivity index (χ0v) is 18.2. The molecule has 1 aliphatic heterocycles. The van der Waals surface area contributed by atoms with E-state index in [9.17, 15) is 9.59 Å². The van der Waals surface area contributed by atoms with Crippen molar-refractivity contribution in [3.63, 3.8) is 0 Å². The molecule has 3 N–H and O–H groups in total. The molecule has 0 atom stereocenters. The molecule has 30 heavy (non-hydrogen) atoms. The molecule has 0 spiro atoms. The molecule has 3 aromatic rings. The van der Waals surface area contributed by atoms with Gasteiger partial charge < -0.3 is 16.0 Å². The number of thiazole rings is 1. The van der Waals surface area contributed by atoms with Crippen LogP contribution in [0.15, 0.2) is 36.4 Å². The van der Waals surface area contributed by atoms with Crippen LogP contribution in [0.3, 0.4) is 0 Å². The second kappa shape index (κ2) is 8.67. The van der Waals surface area contributed by atoms with E-state index >= 15 is 0 Å². The maximum Gasteiger partial charge on any atom is 0.326 e. The number of nitrogens with one attached hydrogen (secondary N) is 1. The van der Waals surface area contributed by atoms with Crippen LogP contribution in [0.25, 0.3) is 10.2 Å². The van der Waals surface area contributed by atoms with Crippen LogP contribution >= 0.6 is 34.5 Å². The van der Waals surface area contributed by atoms with Crippen LogP contribution in [0.1, 0.15) is 12.8 Å². The summed E-state index contributed by atoms with van der Waals surface area (Å²) in [6, 6.07) is 9.98. The maximum atomic E-state index is 13.2. The number of urea groups is 1. The Balaban J connectivity index is 1.63. The van der Waals surface area contributed by atoms with Crippen molar-refractivity contribution in [3.8, 4) is 0 Å². The third-order valence-electron chi connectivity index (χ3n) is 4.87. The second-order valence-electron chi connectivity index (χ2n) is 6.90. The lowest BCUT2D eigenvalue weighted by molar-refractivity contribution is -0.127. The molecule has 2 heterocycles. The lowest BCUT2D eigenvalue weighted by Gasteiger charge is -2.27. The van der Waals surface area contributed by atoms with E-state index in [2.05, 4.69) is 10.3 Å². The number of amides is 3. The first-order valence-corrected chi connectivity index (χ1v) is 11.0. The Morgan fingerprint density at radius 3 is 2.73 bits per heavy atom. The summed E-state index contributed by atoms with van der Waals surface area (Å²) < 4.78 is 0.827. The summed E-state index contributed by atoms with van der Waals surface area (Å²) in [6.45, 7) is 1.42. The van der Waals surface area contributed by atoms with Gasteiger partial charge in [0.05, 0.1) is 20.9 Å². The number of aromatic nitrogens is 1. The van der Waals surface area contributed by atoms with E-state index in [-0.39, 0.29) is 11.9 Å². The summed E-state index contributed by atoms with van der Waals surface area (Å²) in [5.41, 5.74) is 7.63. The van der Waals surface area contributed by atoms with Gasteiger partial charge in [0, 0.05) is 36.8 Å². The van der Waals surface area contributed by atoms with Crippen molar-refractivity contribution in [2.24, 2.45) is 0 Å². The van der Waals surface area contributed by atoms with Crippen molar-refractivity contribution in [1.82, 2.24) is 9.88 Å². The Morgan fingerprint density at radius 2 is 2.03 bits per heavy atom. The van der Waals surface area contributed by atoms with E-state index in [1.54, 1.807) is 41.3 Å². The molecule has 0 unspecified atom stereocenters. The molecule has 0 saturated carbocycles. The Bertz CT molecular complexity index is 1100. The van der Waals surface area contributed by atoms with Crippen LogP contribution in [0.4, 0.5) is 21.3 Å². The summed E-state index contributed by atoms with van der Waals surface area (Å²) in [4.78, 5) is 32.7. The molecule has 10 heteroatoms. The summed E-state index contributed by atoms with van der Waals surface area (Å²) in [7, 11) is 0. The molecule has 1 fully saturated rings. The smallest absolute Gasteiger partial charge is 0.326 e. The highest BCUT2D eigenvalue weighted by atomic mass is 35.5. The number of nitrogens with zero attached hydrogens (tertiary/aromatic N) is 3. The van der Waals surface area contributed by atoms with Gasteiger partial charge in [0.1, 0.15) is 0 Å². The number of nitrogens with two attached hydrogens (primary N) is 1. The molecule has 1 saturated heterocycles. The number of halogens is 2. The van der Waals surface area contributed by atoms with Gasteiger partial charge in [0.15, 0.2) is 5.13 Å². The number of carbonyl (C=O) groups is 2. The third kappa shape index (κ3) is 4.45. The van der Waals surface area contributed by atoms with Crippen LogP contribution in [0, 0.1) is 0 Å². The number of hydrogen-bond acceptors (Lipinski definition) is 5. The van der Waals surface area contributed by atoms with Crippen LogP contribution in [-0.2, 0) is 4.79 Å². The van der Waals surface area contributed by atoms with Gasteiger partial charge in [-0.1, -0.05) is 34.5 Å². The Labute approximate surface area is 187 Å². The van der Waals surface area contributed by atoms with Gasteiger partial charge in [-0.2, -0.15) is 0 Å². The van der Waals surface area contributed by atoms with Crippen LogP contribution in [-0.4, -0.2) is 41.5 Å². The molecule has 156 valence electrons. The van der Waals surface area contributed by atoms with Gasteiger partial charge in [0.25, 0.3) is 0 Å². The minimum atomic E-state index is -0.359. The van der Waals surface area contributed by atoms with Crippen molar-refractivity contribution in [3.05, 3.63) is 46.4 Å². The lowest BCUT2D eigenvalue weighted by atomic mass is 10.2. The first-order valence-electron chi connectivity index (χ1n) is 9.38. The fourth-order valence-electron chi connectivity index (χ4n) is 3.38.